The number of halogens is 1. The van der Waals surface area contributed by atoms with E-state index in [1.165, 1.54) is 13.0 Å². The molecule has 0 saturated carbocycles. The minimum absolute atomic E-state index is 0.0953. The zero-order valence-electron chi connectivity index (χ0n) is 13.5. The van der Waals surface area contributed by atoms with Crippen molar-refractivity contribution in [1.29, 1.82) is 0 Å². The lowest BCUT2D eigenvalue weighted by atomic mass is 10.1. The number of benzene rings is 1. The normalized spacial score (nSPS) is 11.3. The lowest BCUT2D eigenvalue weighted by Gasteiger charge is -2.16. The molecule has 0 unspecified atom stereocenters. The molecule has 0 spiro atoms. The molecule has 0 aliphatic rings. The van der Waals surface area contributed by atoms with Crippen LogP contribution in [0.2, 0.25) is 5.02 Å². The highest BCUT2D eigenvalue weighted by molar-refractivity contribution is 6.32. The maximum atomic E-state index is 11.2. The maximum absolute atomic E-state index is 11.2. The van der Waals surface area contributed by atoms with Gasteiger partial charge in [0.1, 0.15) is 5.70 Å². The molecule has 0 aromatic heterocycles. The minimum atomic E-state index is -1.25. The van der Waals surface area contributed by atoms with Gasteiger partial charge in [0.25, 0.3) is 0 Å². The Morgan fingerprint density at radius 3 is 2.52 bits per heavy atom. The topological polar surface area (TPSA) is 84.9 Å². The van der Waals surface area contributed by atoms with Crippen molar-refractivity contribution in [1.82, 2.24) is 5.32 Å². The van der Waals surface area contributed by atoms with Gasteiger partial charge in [-0.2, -0.15) is 0 Å². The second-order valence-corrected chi connectivity index (χ2v) is 5.38. The van der Waals surface area contributed by atoms with Crippen molar-refractivity contribution in [2.45, 2.75) is 33.8 Å². The first-order valence-electron chi connectivity index (χ1n) is 7.10. The van der Waals surface area contributed by atoms with Gasteiger partial charge in [-0.05, 0) is 44.5 Å². The number of rotatable bonds is 7. The summed E-state index contributed by atoms with van der Waals surface area (Å²) >= 11 is 6.21. The third-order valence-corrected chi connectivity index (χ3v) is 2.82. The van der Waals surface area contributed by atoms with E-state index in [0.717, 1.165) is 0 Å². The molecule has 126 valence electrons. The monoisotopic (exact) mass is 341 g/mol. The average molecular weight is 342 g/mol. The molecule has 0 aliphatic heterocycles. The van der Waals surface area contributed by atoms with Gasteiger partial charge in [0.2, 0.25) is 5.91 Å². The van der Waals surface area contributed by atoms with Crippen molar-refractivity contribution in [3.63, 3.8) is 0 Å². The Hall–Kier alpha value is -2.21. The van der Waals surface area contributed by atoms with Crippen LogP contribution in [0.25, 0.3) is 6.08 Å². The van der Waals surface area contributed by atoms with Crippen LogP contribution < -0.4 is 14.8 Å². The van der Waals surface area contributed by atoms with Gasteiger partial charge in [-0.15, -0.1) is 0 Å². The third-order valence-electron chi connectivity index (χ3n) is 2.54. The zero-order chi connectivity index (χ0) is 17.6. The average Bonchev–Trinajstić information content (AvgIpc) is 2.41. The number of nitrogens with one attached hydrogen (secondary N) is 1. The quantitative estimate of drug-likeness (QED) is 0.744. The Kier molecular flexibility index (Phi) is 6.90. The lowest BCUT2D eigenvalue weighted by Crippen LogP contribution is -2.24. The largest absolute Gasteiger partial charge is 0.490 e. The van der Waals surface area contributed by atoms with Crippen LogP contribution in [0, 0.1) is 0 Å². The molecule has 0 bridgehead atoms. The van der Waals surface area contributed by atoms with E-state index in [2.05, 4.69) is 5.32 Å². The van der Waals surface area contributed by atoms with Crippen molar-refractivity contribution in [2.75, 3.05) is 6.61 Å². The van der Waals surface area contributed by atoms with Crippen molar-refractivity contribution in [3.8, 4) is 11.5 Å². The van der Waals surface area contributed by atoms with Gasteiger partial charge in [0, 0.05) is 6.92 Å². The van der Waals surface area contributed by atoms with E-state index in [0.29, 0.717) is 28.7 Å². The molecule has 23 heavy (non-hydrogen) atoms. The molecule has 1 aromatic rings. The zero-order valence-corrected chi connectivity index (χ0v) is 14.2. The van der Waals surface area contributed by atoms with E-state index in [1.54, 1.807) is 12.1 Å². The van der Waals surface area contributed by atoms with Crippen LogP contribution in [0.3, 0.4) is 0 Å². The molecule has 0 radical (unpaired) electrons. The van der Waals surface area contributed by atoms with Crippen molar-refractivity contribution < 1.29 is 24.2 Å². The van der Waals surface area contributed by atoms with Crippen LogP contribution in [0.1, 0.15) is 33.3 Å². The van der Waals surface area contributed by atoms with E-state index >= 15 is 0 Å². The fourth-order valence-electron chi connectivity index (χ4n) is 1.79. The summed E-state index contributed by atoms with van der Waals surface area (Å²) in [5.41, 5.74) is 0.217. The highest BCUT2D eigenvalue weighted by Gasteiger charge is 2.15. The van der Waals surface area contributed by atoms with Gasteiger partial charge in [-0.25, -0.2) is 4.79 Å². The Labute approximate surface area is 140 Å². The second kappa shape index (κ2) is 8.43. The molecule has 1 aromatic carbocycles. The Morgan fingerprint density at radius 2 is 2.04 bits per heavy atom. The predicted octanol–water partition coefficient (Wildman–Crippen LogP) is 3.09. The number of carboxylic acid groups (broad SMARTS) is 1. The summed E-state index contributed by atoms with van der Waals surface area (Å²) in [5.74, 6) is -0.920. The van der Waals surface area contributed by atoms with Gasteiger partial charge in [-0.1, -0.05) is 11.6 Å². The van der Waals surface area contributed by atoms with Crippen LogP contribution in [0.4, 0.5) is 0 Å². The van der Waals surface area contributed by atoms with E-state index in [1.807, 2.05) is 20.8 Å². The van der Waals surface area contributed by atoms with Crippen LogP contribution >= 0.6 is 11.6 Å². The Morgan fingerprint density at radius 1 is 1.39 bits per heavy atom. The van der Waals surface area contributed by atoms with Crippen LogP contribution in [0.5, 0.6) is 11.5 Å². The molecule has 7 heteroatoms. The highest BCUT2D eigenvalue weighted by atomic mass is 35.5. The molecule has 0 heterocycles. The van der Waals surface area contributed by atoms with E-state index in [4.69, 9.17) is 26.2 Å². The number of aliphatic carboxylic acids is 1. The molecule has 6 nitrogen and oxygen atoms in total. The summed E-state index contributed by atoms with van der Waals surface area (Å²) in [6.45, 7) is 7.16. The van der Waals surface area contributed by atoms with E-state index < -0.39 is 11.9 Å². The number of amides is 1. The molecular weight excluding hydrogens is 322 g/mol. The second-order valence-electron chi connectivity index (χ2n) is 4.97. The van der Waals surface area contributed by atoms with E-state index in [-0.39, 0.29) is 11.8 Å². The first-order chi connectivity index (χ1) is 10.7. The van der Waals surface area contributed by atoms with Gasteiger partial charge < -0.3 is 19.9 Å². The van der Waals surface area contributed by atoms with Crippen LogP contribution in [-0.4, -0.2) is 29.7 Å². The smallest absolute Gasteiger partial charge is 0.352 e. The number of carbonyl (C=O) groups excluding carboxylic acids is 1. The predicted molar refractivity (Wildman–Crippen MR) is 87.8 cm³/mol. The van der Waals surface area contributed by atoms with Crippen molar-refractivity contribution in [3.05, 3.63) is 28.4 Å². The third kappa shape index (κ3) is 5.83. The van der Waals surface area contributed by atoms with Crippen molar-refractivity contribution in [2.24, 2.45) is 0 Å². The van der Waals surface area contributed by atoms with Crippen LogP contribution in [0.15, 0.2) is 17.8 Å². The molecule has 1 rings (SSSR count). The number of hydrogen-bond donors (Lipinski definition) is 2. The molecule has 0 atom stereocenters. The number of carbonyl (C=O) groups is 2. The lowest BCUT2D eigenvalue weighted by molar-refractivity contribution is -0.134. The Bertz CT molecular complexity index is 625. The van der Waals surface area contributed by atoms with Gasteiger partial charge in [0.05, 0.1) is 17.7 Å². The fourth-order valence-corrected chi connectivity index (χ4v) is 2.06. The van der Waals surface area contributed by atoms with Gasteiger partial charge in [0.15, 0.2) is 11.5 Å². The molecular formula is C16H20ClNO5. The first kappa shape index (κ1) is 18.8. The molecule has 1 amide bonds. The SMILES string of the molecule is CCOc1cc(C=C(NC(C)=O)C(=O)O)cc(Cl)c1OC(C)C. The standard InChI is InChI=1S/C16H20ClNO5/c1-5-22-14-8-11(6-12(17)15(14)23-9(2)3)7-13(16(20)21)18-10(4)19/h6-9H,5H2,1-4H3,(H,18,19)(H,20,21). The van der Waals surface area contributed by atoms with Gasteiger partial charge in [-0.3, -0.25) is 4.79 Å². The van der Waals surface area contributed by atoms with E-state index in [9.17, 15) is 9.59 Å². The molecule has 0 fully saturated rings. The number of hydrogen-bond acceptors (Lipinski definition) is 4. The minimum Gasteiger partial charge on any atom is -0.490 e. The van der Waals surface area contributed by atoms with Crippen LogP contribution in [-0.2, 0) is 9.59 Å². The maximum Gasteiger partial charge on any atom is 0.352 e. The fraction of sp³-hybridized carbons (Fsp3) is 0.375. The molecule has 2 N–H and O–H groups in total. The summed E-state index contributed by atoms with van der Waals surface area (Å²) in [7, 11) is 0. The molecule has 0 aliphatic carbocycles. The molecule has 0 saturated heterocycles. The summed E-state index contributed by atoms with van der Waals surface area (Å²) in [4.78, 5) is 22.2. The number of carboxylic acids is 1. The van der Waals surface area contributed by atoms with Gasteiger partial charge >= 0.3 is 5.97 Å². The van der Waals surface area contributed by atoms with Crippen molar-refractivity contribution >= 4 is 29.6 Å². The Balaban J connectivity index is 3.31. The number of ether oxygens (including phenoxy) is 2. The first-order valence-corrected chi connectivity index (χ1v) is 7.48. The highest BCUT2D eigenvalue weighted by Crippen LogP contribution is 2.37. The summed E-state index contributed by atoms with van der Waals surface area (Å²) < 4.78 is 11.1. The summed E-state index contributed by atoms with van der Waals surface area (Å²) in [6.07, 6.45) is 1.21. The summed E-state index contributed by atoms with van der Waals surface area (Å²) in [5, 5.41) is 11.7. The summed E-state index contributed by atoms with van der Waals surface area (Å²) in [6, 6.07) is 3.16.